The van der Waals surface area contributed by atoms with Crippen LogP contribution in [0.15, 0.2) is 60.7 Å². The molecule has 0 atom stereocenters. The third-order valence-corrected chi connectivity index (χ3v) is 4.69. The molecule has 0 aliphatic carbocycles. The summed E-state index contributed by atoms with van der Waals surface area (Å²) in [4.78, 5) is 11.7. The molecule has 4 heteroatoms. The molecule has 0 saturated heterocycles. The van der Waals surface area contributed by atoms with Crippen LogP contribution in [0.4, 0.5) is 0 Å². The highest BCUT2D eigenvalue weighted by atomic mass is 35.5. The van der Waals surface area contributed by atoms with Crippen molar-refractivity contribution in [3.63, 3.8) is 0 Å². The quantitative estimate of drug-likeness (QED) is 0.666. The van der Waals surface area contributed by atoms with E-state index < -0.39 is 0 Å². The predicted molar refractivity (Wildman–Crippen MR) is 96.7 cm³/mol. The van der Waals surface area contributed by atoms with Gasteiger partial charge < -0.3 is 0 Å². The molecule has 4 rings (SSSR count). The van der Waals surface area contributed by atoms with Crippen molar-refractivity contribution in [3.8, 4) is 11.4 Å². The van der Waals surface area contributed by atoms with Crippen molar-refractivity contribution in [3.05, 3.63) is 82.6 Å². The number of hydrogen-bond donors (Lipinski definition) is 0. The minimum Gasteiger partial charge on any atom is -0.293 e. The predicted octanol–water partition coefficient (Wildman–Crippen LogP) is 4.36. The summed E-state index contributed by atoms with van der Waals surface area (Å²) in [6.45, 7) is 2.73. The number of hydrogen-bond acceptors (Lipinski definition) is 3. The molecule has 1 aromatic heterocycles. The number of nitrogens with zero attached hydrogens (tertiary/aromatic N) is 3. The molecule has 2 heterocycles. The minimum atomic E-state index is 0.596. The van der Waals surface area contributed by atoms with Gasteiger partial charge in [0.25, 0.3) is 0 Å². The molecule has 120 valence electrons. The molecule has 24 heavy (non-hydrogen) atoms. The van der Waals surface area contributed by atoms with Gasteiger partial charge in [0.1, 0.15) is 5.15 Å². The normalized spacial score (nSPS) is 14.4. The summed E-state index contributed by atoms with van der Waals surface area (Å²) in [6, 6.07) is 20.6. The van der Waals surface area contributed by atoms with Crippen LogP contribution in [0.3, 0.4) is 0 Å². The van der Waals surface area contributed by atoms with Gasteiger partial charge in [-0.05, 0) is 12.0 Å². The summed E-state index contributed by atoms with van der Waals surface area (Å²) in [6.07, 6.45) is 0.899. The molecule has 1 aliphatic heterocycles. The van der Waals surface area contributed by atoms with Gasteiger partial charge >= 0.3 is 0 Å². The Morgan fingerprint density at radius 3 is 2.38 bits per heavy atom. The van der Waals surface area contributed by atoms with E-state index >= 15 is 0 Å². The second-order valence-corrected chi connectivity index (χ2v) is 6.43. The average molecular weight is 336 g/mol. The number of benzene rings is 2. The van der Waals surface area contributed by atoms with Gasteiger partial charge in [-0.25, -0.2) is 9.97 Å². The SMILES string of the molecule is Clc1nc(-c2ccccc2)nc2c1CCN(Cc1ccccc1)C2. The number of fused-ring (bicyclic) bond motifs is 1. The van der Waals surface area contributed by atoms with E-state index in [1.807, 2.05) is 36.4 Å². The van der Waals surface area contributed by atoms with Crippen molar-refractivity contribution >= 4 is 11.6 Å². The number of aromatic nitrogens is 2. The lowest BCUT2D eigenvalue weighted by Gasteiger charge is -2.28. The topological polar surface area (TPSA) is 29.0 Å². The fourth-order valence-electron chi connectivity index (χ4n) is 3.13. The average Bonchev–Trinajstić information content (AvgIpc) is 2.63. The van der Waals surface area contributed by atoms with Crippen LogP contribution in [0.25, 0.3) is 11.4 Å². The van der Waals surface area contributed by atoms with Crippen molar-refractivity contribution in [1.29, 1.82) is 0 Å². The standard InChI is InChI=1S/C20H18ClN3/c21-19-17-11-12-24(13-15-7-3-1-4-8-15)14-18(17)22-20(23-19)16-9-5-2-6-10-16/h1-10H,11-14H2. The lowest BCUT2D eigenvalue weighted by Crippen LogP contribution is -2.31. The first-order valence-electron chi connectivity index (χ1n) is 8.16. The maximum absolute atomic E-state index is 6.44. The molecule has 3 aromatic rings. The lowest BCUT2D eigenvalue weighted by atomic mass is 10.1. The Morgan fingerprint density at radius 2 is 1.62 bits per heavy atom. The second-order valence-electron chi connectivity index (χ2n) is 6.08. The first-order valence-corrected chi connectivity index (χ1v) is 8.54. The third-order valence-electron chi connectivity index (χ3n) is 4.37. The van der Waals surface area contributed by atoms with E-state index in [9.17, 15) is 0 Å². The Hall–Kier alpha value is -2.23. The molecule has 0 bridgehead atoms. The zero-order valence-corrected chi connectivity index (χ0v) is 14.1. The van der Waals surface area contributed by atoms with Crippen LogP contribution < -0.4 is 0 Å². The highest BCUT2D eigenvalue weighted by Gasteiger charge is 2.22. The third kappa shape index (κ3) is 3.18. The van der Waals surface area contributed by atoms with Crippen molar-refractivity contribution in [2.45, 2.75) is 19.5 Å². The monoisotopic (exact) mass is 335 g/mol. The minimum absolute atomic E-state index is 0.596. The van der Waals surface area contributed by atoms with Gasteiger partial charge in [0.15, 0.2) is 5.82 Å². The van der Waals surface area contributed by atoms with Gasteiger partial charge in [-0.2, -0.15) is 0 Å². The highest BCUT2D eigenvalue weighted by Crippen LogP contribution is 2.27. The van der Waals surface area contributed by atoms with Crippen molar-refractivity contribution in [2.75, 3.05) is 6.54 Å². The molecule has 0 saturated carbocycles. The molecular formula is C20H18ClN3. The first kappa shape index (κ1) is 15.3. The maximum Gasteiger partial charge on any atom is 0.161 e. The molecule has 1 aliphatic rings. The van der Waals surface area contributed by atoms with E-state index in [1.54, 1.807) is 0 Å². The van der Waals surface area contributed by atoms with Crippen LogP contribution in [0.2, 0.25) is 5.15 Å². The molecule has 0 amide bonds. The largest absolute Gasteiger partial charge is 0.293 e. The van der Waals surface area contributed by atoms with E-state index in [4.69, 9.17) is 16.6 Å². The fourth-order valence-corrected chi connectivity index (χ4v) is 3.42. The number of rotatable bonds is 3. The smallest absolute Gasteiger partial charge is 0.161 e. The van der Waals surface area contributed by atoms with Gasteiger partial charge in [-0.3, -0.25) is 4.90 Å². The van der Waals surface area contributed by atoms with Crippen LogP contribution in [0.5, 0.6) is 0 Å². The zero-order valence-electron chi connectivity index (χ0n) is 13.3. The Labute approximate surface area is 147 Å². The number of halogens is 1. The molecule has 0 fully saturated rings. The Balaban J connectivity index is 1.61. The molecule has 2 aromatic carbocycles. The zero-order chi connectivity index (χ0) is 16.4. The van der Waals surface area contributed by atoms with Crippen molar-refractivity contribution in [1.82, 2.24) is 14.9 Å². The van der Waals surface area contributed by atoms with Gasteiger partial charge in [0.05, 0.1) is 5.69 Å². The van der Waals surface area contributed by atoms with E-state index in [1.165, 1.54) is 5.56 Å². The molecule has 0 unspecified atom stereocenters. The van der Waals surface area contributed by atoms with E-state index in [-0.39, 0.29) is 0 Å². The fraction of sp³-hybridized carbons (Fsp3) is 0.200. The summed E-state index contributed by atoms with van der Waals surface area (Å²) in [7, 11) is 0. The van der Waals surface area contributed by atoms with Gasteiger partial charge in [0, 0.05) is 30.8 Å². The van der Waals surface area contributed by atoms with Crippen LogP contribution in [-0.2, 0) is 19.5 Å². The van der Waals surface area contributed by atoms with Crippen LogP contribution in [0, 0.1) is 0 Å². The maximum atomic E-state index is 6.44. The van der Waals surface area contributed by atoms with Crippen molar-refractivity contribution < 1.29 is 0 Å². The molecule has 0 radical (unpaired) electrons. The Bertz CT molecular complexity index is 834. The van der Waals surface area contributed by atoms with Gasteiger partial charge in [-0.15, -0.1) is 0 Å². The summed E-state index contributed by atoms with van der Waals surface area (Å²) in [5.74, 6) is 0.709. The van der Waals surface area contributed by atoms with Crippen LogP contribution >= 0.6 is 11.6 Å². The van der Waals surface area contributed by atoms with Gasteiger partial charge in [0.2, 0.25) is 0 Å². The van der Waals surface area contributed by atoms with Gasteiger partial charge in [-0.1, -0.05) is 72.3 Å². The molecule has 0 N–H and O–H groups in total. The van der Waals surface area contributed by atoms with E-state index in [2.05, 4.69) is 34.1 Å². The van der Waals surface area contributed by atoms with Crippen molar-refractivity contribution in [2.24, 2.45) is 0 Å². The second kappa shape index (κ2) is 6.71. The van der Waals surface area contributed by atoms with Crippen LogP contribution in [0.1, 0.15) is 16.8 Å². The summed E-state index contributed by atoms with van der Waals surface area (Å²) in [5.41, 5.74) is 4.48. The highest BCUT2D eigenvalue weighted by molar-refractivity contribution is 6.30. The Morgan fingerprint density at radius 1 is 0.917 bits per heavy atom. The summed E-state index contributed by atoms with van der Waals surface area (Å²) < 4.78 is 0. The first-order chi connectivity index (χ1) is 11.8. The molecule has 0 spiro atoms. The summed E-state index contributed by atoms with van der Waals surface area (Å²) >= 11 is 6.44. The summed E-state index contributed by atoms with van der Waals surface area (Å²) in [5, 5.41) is 0.596. The Kier molecular flexibility index (Phi) is 4.28. The molecule has 3 nitrogen and oxygen atoms in total. The van der Waals surface area contributed by atoms with E-state index in [0.717, 1.165) is 42.9 Å². The van der Waals surface area contributed by atoms with E-state index in [0.29, 0.717) is 11.0 Å². The van der Waals surface area contributed by atoms with Crippen LogP contribution in [-0.4, -0.2) is 21.4 Å². The molecular weight excluding hydrogens is 318 g/mol. The lowest BCUT2D eigenvalue weighted by molar-refractivity contribution is 0.241.